The molecule has 0 aromatic rings. The van der Waals surface area contributed by atoms with Gasteiger partial charge in [-0.05, 0) is 116 Å². The standard InChI is InChI=1S/C66H108O6/c1-4-7-10-13-16-19-22-25-28-31-33-36-38-41-44-47-50-53-56-59-65(68)71-62-63(61-70-64(67)58-55-52-49-46-43-40-37-34-30-27-24-21-18-15-12-9-6-3)72-66(69)60-57-54-51-48-45-42-39-35-32-29-26-23-20-17-14-11-8-5-2/h7,10,16,18-19,21,25,27-30,32-33,35-36,39,41,44,50,53,63H,4-6,8-9,11-15,17,20,22-24,26,31,34,37-38,40,42-43,45-49,51-52,54-62H2,1-3H3/b10-7-,19-16-,21-18-,28-25-,30-27-,32-29-,36-33-,39-35-,44-41-,53-50-. The second kappa shape index (κ2) is 59.4. The summed E-state index contributed by atoms with van der Waals surface area (Å²) in [5.74, 6) is -1.02. The molecule has 0 aliphatic carbocycles. The van der Waals surface area contributed by atoms with Gasteiger partial charge in [-0.25, -0.2) is 0 Å². The molecule has 0 N–H and O–H groups in total. The summed E-state index contributed by atoms with van der Waals surface area (Å²) in [6.07, 6.45) is 82.0. The van der Waals surface area contributed by atoms with Gasteiger partial charge in [-0.2, -0.15) is 0 Å². The Morgan fingerprint density at radius 3 is 1.04 bits per heavy atom. The monoisotopic (exact) mass is 997 g/mol. The van der Waals surface area contributed by atoms with E-state index < -0.39 is 6.10 Å². The zero-order chi connectivity index (χ0) is 52.2. The summed E-state index contributed by atoms with van der Waals surface area (Å²) in [7, 11) is 0. The molecular weight excluding hydrogens is 889 g/mol. The third-order valence-electron chi connectivity index (χ3n) is 12.2. The minimum atomic E-state index is -0.825. The van der Waals surface area contributed by atoms with Gasteiger partial charge >= 0.3 is 17.9 Å². The number of unbranched alkanes of at least 4 members (excludes halogenated alkanes) is 22. The van der Waals surface area contributed by atoms with Crippen molar-refractivity contribution in [3.63, 3.8) is 0 Å². The first-order valence-electron chi connectivity index (χ1n) is 29.6. The number of esters is 3. The van der Waals surface area contributed by atoms with E-state index in [4.69, 9.17) is 14.2 Å². The van der Waals surface area contributed by atoms with Gasteiger partial charge in [0.1, 0.15) is 13.2 Å². The van der Waals surface area contributed by atoms with Crippen molar-refractivity contribution in [3.8, 4) is 0 Å². The summed E-state index contributed by atoms with van der Waals surface area (Å²) in [4.78, 5) is 38.2. The molecule has 0 fully saturated rings. The van der Waals surface area contributed by atoms with Gasteiger partial charge in [-0.3, -0.25) is 14.4 Å². The molecule has 0 heterocycles. The van der Waals surface area contributed by atoms with E-state index in [0.29, 0.717) is 12.8 Å². The highest BCUT2D eigenvalue weighted by Gasteiger charge is 2.19. The van der Waals surface area contributed by atoms with E-state index in [2.05, 4.69) is 136 Å². The molecule has 6 nitrogen and oxygen atoms in total. The van der Waals surface area contributed by atoms with E-state index in [1.54, 1.807) is 0 Å². The Morgan fingerprint density at radius 2 is 0.611 bits per heavy atom. The van der Waals surface area contributed by atoms with Crippen LogP contribution in [0.4, 0.5) is 0 Å². The Labute approximate surface area is 443 Å². The van der Waals surface area contributed by atoms with Crippen molar-refractivity contribution in [3.05, 3.63) is 122 Å². The molecule has 0 aliphatic heterocycles. The van der Waals surface area contributed by atoms with E-state index in [-0.39, 0.29) is 44.0 Å². The molecule has 0 saturated heterocycles. The van der Waals surface area contributed by atoms with Gasteiger partial charge in [0.15, 0.2) is 6.10 Å². The van der Waals surface area contributed by atoms with Crippen LogP contribution in [0, 0.1) is 0 Å². The highest BCUT2D eigenvalue weighted by atomic mass is 16.6. The molecule has 1 atom stereocenters. The molecule has 0 aromatic carbocycles. The first-order valence-corrected chi connectivity index (χ1v) is 29.6. The quantitative estimate of drug-likeness (QED) is 0.0199. The van der Waals surface area contributed by atoms with Crippen LogP contribution in [0.2, 0.25) is 0 Å². The Kier molecular flexibility index (Phi) is 55.9. The Balaban J connectivity index is 4.56. The van der Waals surface area contributed by atoms with Crippen LogP contribution >= 0.6 is 0 Å². The third-order valence-corrected chi connectivity index (χ3v) is 12.2. The summed E-state index contributed by atoms with van der Waals surface area (Å²) in [5.41, 5.74) is 0. The lowest BCUT2D eigenvalue weighted by molar-refractivity contribution is -0.166. The lowest BCUT2D eigenvalue weighted by Gasteiger charge is -2.18. The van der Waals surface area contributed by atoms with E-state index in [0.717, 1.165) is 109 Å². The molecule has 0 radical (unpaired) electrons. The van der Waals surface area contributed by atoms with Crippen LogP contribution in [0.5, 0.6) is 0 Å². The molecule has 0 amide bonds. The molecule has 408 valence electrons. The molecular formula is C66H108O6. The topological polar surface area (TPSA) is 78.9 Å². The number of hydrogen-bond acceptors (Lipinski definition) is 6. The van der Waals surface area contributed by atoms with Crippen LogP contribution in [-0.4, -0.2) is 37.2 Å². The molecule has 0 bridgehead atoms. The predicted molar refractivity (Wildman–Crippen MR) is 311 cm³/mol. The number of rotatable bonds is 52. The molecule has 0 rings (SSSR count). The normalized spacial score (nSPS) is 13.0. The van der Waals surface area contributed by atoms with Gasteiger partial charge in [-0.1, -0.05) is 245 Å². The van der Waals surface area contributed by atoms with Gasteiger partial charge in [0.05, 0.1) is 0 Å². The highest BCUT2D eigenvalue weighted by molar-refractivity contribution is 5.71. The van der Waals surface area contributed by atoms with Crippen molar-refractivity contribution in [2.45, 2.75) is 264 Å². The molecule has 0 saturated carbocycles. The Bertz CT molecular complexity index is 1520. The van der Waals surface area contributed by atoms with Crippen molar-refractivity contribution in [1.82, 2.24) is 0 Å². The molecule has 6 heteroatoms. The van der Waals surface area contributed by atoms with Gasteiger partial charge in [-0.15, -0.1) is 0 Å². The summed E-state index contributed by atoms with van der Waals surface area (Å²) < 4.78 is 16.8. The van der Waals surface area contributed by atoms with Crippen LogP contribution in [0.25, 0.3) is 0 Å². The Hall–Kier alpha value is -4.19. The van der Waals surface area contributed by atoms with Crippen LogP contribution in [0.3, 0.4) is 0 Å². The van der Waals surface area contributed by atoms with Crippen LogP contribution in [-0.2, 0) is 28.6 Å². The minimum Gasteiger partial charge on any atom is -0.462 e. The van der Waals surface area contributed by atoms with Crippen molar-refractivity contribution in [2.24, 2.45) is 0 Å². The number of carbonyl (C=O) groups excluding carboxylic acids is 3. The lowest BCUT2D eigenvalue weighted by atomic mass is 10.1. The van der Waals surface area contributed by atoms with Crippen molar-refractivity contribution in [1.29, 1.82) is 0 Å². The zero-order valence-corrected chi connectivity index (χ0v) is 46.7. The second-order valence-electron chi connectivity index (χ2n) is 19.2. The van der Waals surface area contributed by atoms with E-state index in [1.807, 2.05) is 6.08 Å². The average Bonchev–Trinajstić information content (AvgIpc) is 3.38. The van der Waals surface area contributed by atoms with E-state index in [9.17, 15) is 14.4 Å². The SMILES string of the molecule is CC/C=C\C/C=C\C/C=C\C/C=C\C/C=C\C/C=C\CCC(=O)OCC(COC(=O)CCCCCCCCC/C=C\C/C=C\CCCCC)OC(=O)CCCCCCC/C=C\C=C/CCCCCCCCC. The zero-order valence-electron chi connectivity index (χ0n) is 46.7. The maximum Gasteiger partial charge on any atom is 0.306 e. The first kappa shape index (κ1) is 67.8. The molecule has 1 unspecified atom stereocenters. The summed E-state index contributed by atoms with van der Waals surface area (Å²) in [5, 5.41) is 0. The van der Waals surface area contributed by atoms with Crippen LogP contribution in [0.1, 0.15) is 258 Å². The molecule has 0 aromatic heterocycles. The van der Waals surface area contributed by atoms with E-state index >= 15 is 0 Å². The maximum atomic E-state index is 12.9. The molecule has 0 spiro atoms. The summed E-state index contributed by atoms with van der Waals surface area (Å²) in [6, 6.07) is 0. The fraction of sp³-hybridized carbons (Fsp3) is 0.652. The van der Waals surface area contributed by atoms with Gasteiger partial charge < -0.3 is 14.2 Å². The maximum absolute atomic E-state index is 12.9. The van der Waals surface area contributed by atoms with Crippen LogP contribution in [0.15, 0.2) is 122 Å². The number of allylic oxidation sites excluding steroid dienone is 20. The lowest BCUT2D eigenvalue weighted by Crippen LogP contribution is -2.30. The fourth-order valence-corrected chi connectivity index (χ4v) is 7.78. The van der Waals surface area contributed by atoms with Gasteiger partial charge in [0, 0.05) is 19.3 Å². The first-order chi connectivity index (χ1) is 35.5. The highest BCUT2D eigenvalue weighted by Crippen LogP contribution is 2.14. The van der Waals surface area contributed by atoms with Crippen LogP contribution < -0.4 is 0 Å². The average molecular weight is 998 g/mol. The summed E-state index contributed by atoms with van der Waals surface area (Å²) >= 11 is 0. The second-order valence-corrected chi connectivity index (χ2v) is 19.2. The molecule has 72 heavy (non-hydrogen) atoms. The van der Waals surface area contributed by atoms with Crippen molar-refractivity contribution in [2.75, 3.05) is 13.2 Å². The Morgan fingerprint density at radius 1 is 0.306 bits per heavy atom. The smallest absolute Gasteiger partial charge is 0.306 e. The van der Waals surface area contributed by atoms with Crippen molar-refractivity contribution >= 4 is 17.9 Å². The minimum absolute atomic E-state index is 0.115. The number of carbonyl (C=O) groups is 3. The fourth-order valence-electron chi connectivity index (χ4n) is 7.78. The van der Waals surface area contributed by atoms with E-state index in [1.165, 1.54) is 103 Å². The summed E-state index contributed by atoms with van der Waals surface area (Å²) in [6.45, 7) is 6.41. The molecule has 0 aliphatic rings. The predicted octanol–water partition coefficient (Wildman–Crippen LogP) is 20.0. The number of ether oxygens (including phenoxy) is 3. The van der Waals surface area contributed by atoms with Crippen molar-refractivity contribution < 1.29 is 28.6 Å². The van der Waals surface area contributed by atoms with Gasteiger partial charge in [0.2, 0.25) is 0 Å². The van der Waals surface area contributed by atoms with Gasteiger partial charge in [0.25, 0.3) is 0 Å². The number of hydrogen-bond donors (Lipinski definition) is 0. The largest absolute Gasteiger partial charge is 0.462 e. The third kappa shape index (κ3) is 56.7.